The van der Waals surface area contributed by atoms with Gasteiger partial charge < -0.3 is 9.88 Å². The van der Waals surface area contributed by atoms with Crippen LogP contribution in [0, 0.1) is 0 Å². The Hall–Kier alpha value is -2.17. The van der Waals surface area contributed by atoms with Gasteiger partial charge in [-0.3, -0.25) is 0 Å². The highest BCUT2D eigenvalue weighted by molar-refractivity contribution is 6.04. The molecule has 0 fully saturated rings. The Balaban J connectivity index is 1.50. The zero-order valence-electron chi connectivity index (χ0n) is 15.5. The molecule has 0 radical (unpaired) electrons. The van der Waals surface area contributed by atoms with E-state index in [1.54, 1.807) is 0 Å². The highest BCUT2D eigenvalue weighted by atomic mass is 15.3. The van der Waals surface area contributed by atoms with Crippen molar-refractivity contribution in [2.75, 3.05) is 11.9 Å². The lowest BCUT2D eigenvalue weighted by atomic mass is 10.1. The van der Waals surface area contributed by atoms with Crippen molar-refractivity contribution in [3.05, 3.63) is 24.3 Å². The lowest BCUT2D eigenvalue weighted by molar-refractivity contribution is 0.580. The normalized spacial score (nSPS) is 11.4. The first kappa shape index (κ1) is 17.6. The predicted octanol–water partition coefficient (Wildman–Crippen LogP) is 5.07. The molecule has 2 heterocycles. The number of fused-ring (bicyclic) bond motifs is 3. The largest absolute Gasteiger partial charge is 0.353 e. The van der Waals surface area contributed by atoms with E-state index < -0.39 is 0 Å². The van der Waals surface area contributed by atoms with Crippen LogP contribution < -0.4 is 5.32 Å². The maximum atomic E-state index is 4.66. The highest BCUT2D eigenvalue weighted by Crippen LogP contribution is 2.24. The van der Waals surface area contributed by atoms with E-state index in [9.17, 15) is 0 Å². The Bertz CT molecular complexity index is 808. The Labute approximate surface area is 149 Å². The molecule has 25 heavy (non-hydrogen) atoms. The quantitative estimate of drug-likeness (QED) is 0.524. The fraction of sp³-hybridized carbons (Fsp3) is 0.550. The fourth-order valence-corrected chi connectivity index (χ4v) is 3.34. The summed E-state index contributed by atoms with van der Waals surface area (Å²) in [5.41, 5.74) is 2.89. The molecule has 0 saturated heterocycles. The summed E-state index contributed by atoms with van der Waals surface area (Å²) in [6.45, 7) is 3.17. The molecule has 5 nitrogen and oxygen atoms in total. The first-order valence-electron chi connectivity index (χ1n) is 9.63. The SMILES string of the molecule is CCCCCCCCCCNc1nnc2c3ccccc3n(C)c2n1. The monoisotopic (exact) mass is 339 g/mol. The first-order chi connectivity index (χ1) is 12.3. The molecule has 0 aliphatic carbocycles. The van der Waals surface area contributed by atoms with Gasteiger partial charge in [0.25, 0.3) is 0 Å². The number of rotatable bonds is 10. The fourth-order valence-electron chi connectivity index (χ4n) is 3.34. The number of nitrogens with zero attached hydrogens (tertiary/aromatic N) is 4. The summed E-state index contributed by atoms with van der Waals surface area (Å²) in [6, 6.07) is 8.22. The second-order valence-electron chi connectivity index (χ2n) is 6.79. The van der Waals surface area contributed by atoms with Gasteiger partial charge >= 0.3 is 0 Å². The molecule has 2 aromatic heterocycles. The van der Waals surface area contributed by atoms with Crippen LogP contribution in [0.1, 0.15) is 58.3 Å². The van der Waals surface area contributed by atoms with Crippen LogP contribution in [0.15, 0.2) is 24.3 Å². The molecule has 134 valence electrons. The van der Waals surface area contributed by atoms with Crippen LogP contribution >= 0.6 is 0 Å². The molecule has 3 aromatic rings. The molecule has 0 aliphatic heterocycles. The van der Waals surface area contributed by atoms with E-state index in [1.165, 1.54) is 44.9 Å². The second kappa shape index (κ2) is 8.79. The van der Waals surface area contributed by atoms with Crippen LogP contribution in [0.2, 0.25) is 0 Å². The number of benzene rings is 1. The summed E-state index contributed by atoms with van der Waals surface area (Å²) in [6.07, 6.45) is 10.6. The number of hydrogen-bond donors (Lipinski definition) is 1. The first-order valence-corrected chi connectivity index (χ1v) is 9.63. The summed E-state index contributed by atoms with van der Waals surface area (Å²) >= 11 is 0. The van der Waals surface area contributed by atoms with E-state index in [0.717, 1.165) is 35.0 Å². The minimum atomic E-state index is 0.626. The van der Waals surface area contributed by atoms with Crippen molar-refractivity contribution in [3.63, 3.8) is 0 Å². The van der Waals surface area contributed by atoms with Gasteiger partial charge in [-0.15, -0.1) is 10.2 Å². The smallest absolute Gasteiger partial charge is 0.244 e. The molecule has 0 atom stereocenters. The van der Waals surface area contributed by atoms with Gasteiger partial charge in [-0.25, -0.2) is 0 Å². The summed E-state index contributed by atoms with van der Waals surface area (Å²) in [7, 11) is 2.03. The summed E-state index contributed by atoms with van der Waals surface area (Å²) in [4.78, 5) is 4.66. The van der Waals surface area contributed by atoms with E-state index in [4.69, 9.17) is 0 Å². The maximum Gasteiger partial charge on any atom is 0.244 e. The second-order valence-corrected chi connectivity index (χ2v) is 6.79. The third-order valence-corrected chi connectivity index (χ3v) is 4.82. The molecule has 1 N–H and O–H groups in total. The van der Waals surface area contributed by atoms with Crippen molar-refractivity contribution >= 4 is 28.0 Å². The van der Waals surface area contributed by atoms with E-state index in [1.807, 2.05) is 19.2 Å². The average molecular weight is 339 g/mol. The Morgan fingerprint density at radius 3 is 2.44 bits per heavy atom. The Kier molecular flexibility index (Phi) is 6.20. The van der Waals surface area contributed by atoms with Crippen LogP contribution in [0.25, 0.3) is 22.1 Å². The van der Waals surface area contributed by atoms with Gasteiger partial charge in [0, 0.05) is 19.0 Å². The van der Waals surface area contributed by atoms with Gasteiger partial charge in [-0.1, -0.05) is 70.1 Å². The number of hydrogen-bond acceptors (Lipinski definition) is 4. The third kappa shape index (κ3) is 4.27. The highest BCUT2D eigenvalue weighted by Gasteiger charge is 2.11. The molecular formula is C20H29N5. The van der Waals surface area contributed by atoms with Gasteiger partial charge in [0.2, 0.25) is 5.95 Å². The topological polar surface area (TPSA) is 55.6 Å². The minimum absolute atomic E-state index is 0.626. The number of anilines is 1. The number of para-hydroxylation sites is 1. The molecular weight excluding hydrogens is 310 g/mol. The van der Waals surface area contributed by atoms with Gasteiger partial charge in [0.05, 0.1) is 5.52 Å². The standard InChI is InChI=1S/C20H29N5/c1-3-4-5-6-7-8-9-12-15-21-20-22-19-18(23-24-20)16-13-10-11-14-17(16)25(19)2/h10-11,13-14H,3-9,12,15H2,1-2H3,(H,21,22,24). The van der Waals surface area contributed by atoms with Crippen LogP contribution in [0.5, 0.6) is 0 Å². The van der Waals surface area contributed by atoms with E-state index >= 15 is 0 Å². The molecule has 0 spiro atoms. The van der Waals surface area contributed by atoms with Crippen molar-refractivity contribution in [1.29, 1.82) is 0 Å². The van der Waals surface area contributed by atoms with Crippen molar-refractivity contribution in [3.8, 4) is 0 Å². The van der Waals surface area contributed by atoms with E-state index in [0.29, 0.717) is 5.95 Å². The van der Waals surface area contributed by atoms with Gasteiger partial charge in [0.1, 0.15) is 5.52 Å². The number of nitrogens with one attached hydrogen (secondary N) is 1. The summed E-state index contributed by atoms with van der Waals surface area (Å²) in [5.74, 6) is 0.626. The van der Waals surface area contributed by atoms with Crippen molar-refractivity contribution in [2.45, 2.75) is 58.3 Å². The summed E-state index contributed by atoms with van der Waals surface area (Å²) in [5, 5.41) is 13.1. The molecule has 0 unspecified atom stereocenters. The van der Waals surface area contributed by atoms with Crippen molar-refractivity contribution < 1.29 is 0 Å². The van der Waals surface area contributed by atoms with Crippen molar-refractivity contribution in [1.82, 2.24) is 19.7 Å². The van der Waals surface area contributed by atoms with Crippen LogP contribution in [0.3, 0.4) is 0 Å². The maximum absolute atomic E-state index is 4.66. The number of aryl methyl sites for hydroxylation is 1. The molecule has 0 amide bonds. The summed E-state index contributed by atoms with van der Waals surface area (Å²) < 4.78 is 2.08. The zero-order valence-corrected chi connectivity index (χ0v) is 15.5. The zero-order chi connectivity index (χ0) is 17.5. The number of unbranched alkanes of at least 4 members (excludes halogenated alkanes) is 7. The van der Waals surface area contributed by atoms with Crippen molar-refractivity contribution in [2.24, 2.45) is 7.05 Å². The van der Waals surface area contributed by atoms with Gasteiger partial charge in [-0.05, 0) is 12.5 Å². The van der Waals surface area contributed by atoms with Crippen LogP contribution in [-0.2, 0) is 7.05 Å². The molecule has 0 aliphatic rings. The Morgan fingerprint density at radius 1 is 0.920 bits per heavy atom. The molecule has 3 rings (SSSR count). The molecule has 0 bridgehead atoms. The third-order valence-electron chi connectivity index (χ3n) is 4.82. The molecule has 5 heteroatoms. The minimum Gasteiger partial charge on any atom is -0.353 e. The molecule has 0 saturated carbocycles. The lowest BCUT2D eigenvalue weighted by Crippen LogP contribution is -2.07. The lowest BCUT2D eigenvalue weighted by Gasteiger charge is -2.05. The number of aromatic nitrogens is 4. The predicted molar refractivity (Wildman–Crippen MR) is 105 cm³/mol. The average Bonchev–Trinajstić information content (AvgIpc) is 2.93. The van der Waals surface area contributed by atoms with Crippen LogP contribution in [0.4, 0.5) is 5.95 Å². The van der Waals surface area contributed by atoms with E-state index in [-0.39, 0.29) is 0 Å². The van der Waals surface area contributed by atoms with Crippen LogP contribution in [-0.4, -0.2) is 26.3 Å². The molecule has 1 aromatic carbocycles. The van der Waals surface area contributed by atoms with Gasteiger partial charge in [0.15, 0.2) is 5.65 Å². The Morgan fingerprint density at radius 2 is 1.64 bits per heavy atom. The van der Waals surface area contributed by atoms with Gasteiger partial charge in [-0.2, -0.15) is 4.98 Å². The van der Waals surface area contributed by atoms with E-state index in [2.05, 4.69) is 44.1 Å².